The summed E-state index contributed by atoms with van der Waals surface area (Å²) in [6.07, 6.45) is 4.35. The SMILES string of the molecule is CCOC(=O)Oc1cc(N(CC)CC)ccc1/C=C/C1=[N+](C)c2ccc(Cl)cc2C1(C)CC. The van der Waals surface area contributed by atoms with Crippen molar-refractivity contribution in [1.82, 2.24) is 0 Å². The first-order chi connectivity index (χ1) is 15.8. The van der Waals surface area contributed by atoms with Crippen molar-refractivity contribution in [2.45, 2.75) is 46.5 Å². The molecule has 0 fully saturated rings. The van der Waals surface area contributed by atoms with Crippen LogP contribution in [0.15, 0.2) is 42.5 Å². The number of rotatable bonds is 8. The van der Waals surface area contributed by atoms with Crippen molar-refractivity contribution < 1.29 is 18.8 Å². The summed E-state index contributed by atoms with van der Waals surface area (Å²) in [7, 11) is 2.08. The lowest BCUT2D eigenvalue weighted by molar-refractivity contribution is -0.401. The van der Waals surface area contributed by atoms with Gasteiger partial charge in [0.25, 0.3) is 0 Å². The second-order valence-electron chi connectivity index (χ2n) is 8.30. The average Bonchev–Trinajstić information content (AvgIpc) is 3.00. The summed E-state index contributed by atoms with van der Waals surface area (Å²) in [5.41, 5.74) is 5.18. The molecule has 0 spiro atoms. The maximum absolute atomic E-state index is 12.1. The third-order valence-corrected chi connectivity index (χ3v) is 6.79. The van der Waals surface area contributed by atoms with Gasteiger partial charge in [-0.25, -0.2) is 4.79 Å². The standard InChI is InChI=1S/C27H34ClN2O3/c1-7-27(5)22-17-20(28)13-15-23(22)29(6)25(27)16-12-19-11-14-21(30(8-2)9-3)18-24(19)33-26(31)32-10-4/h11-18H,7-10H2,1-6H3/q+1. The molecule has 1 unspecified atom stereocenters. The number of carbonyl (C=O) groups is 1. The predicted molar refractivity (Wildman–Crippen MR) is 137 cm³/mol. The molecule has 0 radical (unpaired) electrons. The Balaban J connectivity index is 2.03. The van der Waals surface area contributed by atoms with E-state index in [0.717, 1.165) is 47.2 Å². The molecule has 0 N–H and O–H groups in total. The fraction of sp³-hybridized carbons (Fsp3) is 0.407. The summed E-state index contributed by atoms with van der Waals surface area (Å²) in [6.45, 7) is 12.4. The highest BCUT2D eigenvalue weighted by atomic mass is 35.5. The summed E-state index contributed by atoms with van der Waals surface area (Å²) in [6, 6.07) is 12.0. The summed E-state index contributed by atoms with van der Waals surface area (Å²) in [4.78, 5) is 14.3. The first-order valence-electron chi connectivity index (χ1n) is 11.6. The number of ether oxygens (including phenoxy) is 2. The normalized spacial score (nSPS) is 17.4. The Morgan fingerprint density at radius 3 is 2.45 bits per heavy atom. The molecule has 1 atom stereocenters. The van der Waals surface area contributed by atoms with Gasteiger partial charge in [0.05, 0.1) is 12.0 Å². The molecule has 1 aliphatic rings. The van der Waals surface area contributed by atoms with Gasteiger partial charge >= 0.3 is 6.16 Å². The van der Waals surface area contributed by atoms with Gasteiger partial charge in [-0.15, -0.1) is 0 Å². The van der Waals surface area contributed by atoms with Crippen LogP contribution in [0.25, 0.3) is 6.08 Å². The van der Waals surface area contributed by atoms with Crippen LogP contribution in [0.1, 0.15) is 52.2 Å². The number of allylic oxidation sites excluding steroid dienone is 1. The number of hydrogen-bond donors (Lipinski definition) is 0. The molecule has 0 aliphatic carbocycles. The van der Waals surface area contributed by atoms with Gasteiger partial charge in [0.15, 0.2) is 5.71 Å². The van der Waals surface area contributed by atoms with E-state index in [2.05, 4.69) is 68.5 Å². The van der Waals surface area contributed by atoms with Gasteiger partial charge in [-0.1, -0.05) is 18.5 Å². The van der Waals surface area contributed by atoms with Crippen LogP contribution < -0.4 is 9.64 Å². The van der Waals surface area contributed by atoms with Crippen LogP contribution >= 0.6 is 11.6 Å². The quantitative estimate of drug-likeness (QED) is 0.241. The van der Waals surface area contributed by atoms with Crippen LogP contribution in [0.3, 0.4) is 0 Å². The molecular weight excluding hydrogens is 436 g/mol. The van der Waals surface area contributed by atoms with Gasteiger partial charge in [0, 0.05) is 53.1 Å². The number of carbonyl (C=O) groups excluding carboxylic acids is 1. The van der Waals surface area contributed by atoms with Gasteiger partial charge in [0.2, 0.25) is 5.69 Å². The van der Waals surface area contributed by atoms with Crippen molar-refractivity contribution in [3.8, 4) is 5.75 Å². The molecule has 0 amide bonds. The van der Waals surface area contributed by atoms with Crippen LogP contribution in [0, 0.1) is 0 Å². The average molecular weight is 470 g/mol. The van der Waals surface area contributed by atoms with E-state index >= 15 is 0 Å². The zero-order valence-corrected chi connectivity index (χ0v) is 21.2. The Hall–Kier alpha value is -2.79. The molecule has 0 saturated carbocycles. The maximum atomic E-state index is 12.1. The topological polar surface area (TPSA) is 41.8 Å². The minimum Gasteiger partial charge on any atom is -0.434 e. The van der Waals surface area contributed by atoms with E-state index in [1.165, 1.54) is 5.56 Å². The second kappa shape index (κ2) is 10.4. The van der Waals surface area contributed by atoms with Gasteiger partial charge in [-0.3, -0.25) is 0 Å². The lowest BCUT2D eigenvalue weighted by Gasteiger charge is -2.22. The van der Waals surface area contributed by atoms with Crippen molar-refractivity contribution in [2.75, 3.05) is 31.6 Å². The molecule has 3 rings (SSSR count). The first-order valence-corrected chi connectivity index (χ1v) is 12.0. The van der Waals surface area contributed by atoms with Crippen molar-refractivity contribution in [3.63, 3.8) is 0 Å². The van der Waals surface area contributed by atoms with E-state index < -0.39 is 6.16 Å². The van der Waals surface area contributed by atoms with E-state index in [1.807, 2.05) is 24.3 Å². The lowest BCUT2D eigenvalue weighted by Crippen LogP contribution is -2.29. The third kappa shape index (κ3) is 4.93. The highest BCUT2D eigenvalue weighted by Crippen LogP contribution is 2.43. The molecule has 2 aromatic rings. The summed E-state index contributed by atoms with van der Waals surface area (Å²) < 4.78 is 12.8. The van der Waals surface area contributed by atoms with Crippen molar-refractivity contribution >= 4 is 40.9 Å². The van der Waals surface area contributed by atoms with E-state index in [4.69, 9.17) is 21.1 Å². The number of fused-ring (bicyclic) bond motifs is 1. The predicted octanol–water partition coefficient (Wildman–Crippen LogP) is 6.83. The van der Waals surface area contributed by atoms with Crippen molar-refractivity contribution in [1.29, 1.82) is 0 Å². The Kier molecular flexibility index (Phi) is 7.85. The fourth-order valence-corrected chi connectivity index (χ4v) is 4.66. The van der Waals surface area contributed by atoms with Crippen LogP contribution in [0.5, 0.6) is 5.75 Å². The Bertz CT molecular complexity index is 1090. The van der Waals surface area contributed by atoms with E-state index in [9.17, 15) is 4.79 Å². The molecule has 5 nitrogen and oxygen atoms in total. The molecule has 6 heteroatoms. The molecule has 0 aromatic heterocycles. The first kappa shape index (κ1) is 24.8. The molecule has 2 aromatic carbocycles. The summed E-state index contributed by atoms with van der Waals surface area (Å²) in [5, 5.41) is 0.740. The minimum atomic E-state index is -0.699. The van der Waals surface area contributed by atoms with E-state index in [0.29, 0.717) is 5.75 Å². The maximum Gasteiger partial charge on any atom is 0.513 e. The molecular formula is C27H34ClN2O3+. The molecule has 1 aliphatic heterocycles. The Morgan fingerprint density at radius 2 is 1.82 bits per heavy atom. The minimum absolute atomic E-state index is 0.172. The zero-order chi connectivity index (χ0) is 24.2. The molecule has 176 valence electrons. The zero-order valence-electron chi connectivity index (χ0n) is 20.4. The van der Waals surface area contributed by atoms with E-state index in [-0.39, 0.29) is 12.0 Å². The highest BCUT2D eigenvalue weighted by molar-refractivity contribution is 6.30. The monoisotopic (exact) mass is 469 g/mol. The fourth-order valence-electron chi connectivity index (χ4n) is 4.49. The third-order valence-electron chi connectivity index (χ3n) is 6.55. The number of halogens is 1. The van der Waals surface area contributed by atoms with Crippen LogP contribution in [-0.4, -0.2) is 43.2 Å². The Labute approximate surface area is 202 Å². The highest BCUT2D eigenvalue weighted by Gasteiger charge is 2.45. The Morgan fingerprint density at radius 1 is 1.09 bits per heavy atom. The van der Waals surface area contributed by atoms with Crippen molar-refractivity contribution in [2.24, 2.45) is 0 Å². The van der Waals surface area contributed by atoms with Crippen LogP contribution in [0.4, 0.5) is 16.2 Å². The van der Waals surface area contributed by atoms with Gasteiger partial charge in [-0.2, -0.15) is 4.58 Å². The molecule has 0 bridgehead atoms. The van der Waals surface area contributed by atoms with Crippen LogP contribution in [-0.2, 0) is 10.2 Å². The molecule has 33 heavy (non-hydrogen) atoms. The smallest absolute Gasteiger partial charge is 0.434 e. The summed E-state index contributed by atoms with van der Waals surface area (Å²) in [5.74, 6) is 0.481. The number of hydrogen-bond acceptors (Lipinski definition) is 4. The second-order valence-corrected chi connectivity index (χ2v) is 8.74. The largest absolute Gasteiger partial charge is 0.513 e. The number of benzene rings is 2. The van der Waals surface area contributed by atoms with Gasteiger partial charge in [0.1, 0.15) is 12.8 Å². The van der Waals surface area contributed by atoms with Gasteiger partial charge < -0.3 is 14.4 Å². The lowest BCUT2D eigenvalue weighted by atomic mass is 9.77. The number of nitrogens with zero attached hydrogens (tertiary/aromatic N) is 2. The van der Waals surface area contributed by atoms with Crippen molar-refractivity contribution in [3.05, 3.63) is 58.6 Å². The van der Waals surface area contributed by atoms with E-state index in [1.54, 1.807) is 6.92 Å². The summed E-state index contributed by atoms with van der Waals surface area (Å²) >= 11 is 6.33. The van der Waals surface area contributed by atoms with Crippen LogP contribution in [0.2, 0.25) is 5.02 Å². The van der Waals surface area contributed by atoms with Gasteiger partial charge in [-0.05, 0) is 64.5 Å². The molecule has 1 heterocycles. The molecule has 0 saturated heterocycles. The number of anilines is 1.